The van der Waals surface area contributed by atoms with Crippen LogP contribution in [-0.4, -0.2) is 27.2 Å². The van der Waals surface area contributed by atoms with Crippen LogP contribution >= 0.6 is 0 Å². The van der Waals surface area contributed by atoms with Crippen molar-refractivity contribution in [2.75, 3.05) is 0 Å². The molecule has 1 unspecified atom stereocenters. The minimum Gasteiger partial charge on any atom is -0.414 e. The predicted octanol–water partition coefficient (Wildman–Crippen LogP) is 1.79. The summed E-state index contributed by atoms with van der Waals surface area (Å²) in [5, 5.41) is 0. The summed E-state index contributed by atoms with van der Waals surface area (Å²) in [4.78, 5) is 0. The highest BCUT2D eigenvalue weighted by Gasteiger charge is 2.50. The summed E-state index contributed by atoms with van der Waals surface area (Å²) in [6.07, 6.45) is 1.91. The molecule has 3 nitrogen and oxygen atoms in total. The first kappa shape index (κ1) is 13.4. The molecular weight excluding hydrogens is 220 g/mol. The van der Waals surface area contributed by atoms with E-state index in [2.05, 4.69) is 26.2 Å². The smallest absolute Gasteiger partial charge is 0.174 e. The van der Waals surface area contributed by atoms with Crippen LogP contribution in [0.5, 0.6) is 0 Å². The van der Waals surface area contributed by atoms with E-state index in [-0.39, 0.29) is 6.10 Å². The van der Waals surface area contributed by atoms with Crippen molar-refractivity contribution in [3.8, 4) is 0 Å². The summed E-state index contributed by atoms with van der Waals surface area (Å²) in [5.74, 6) is 0. The zero-order valence-electron chi connectivity index (χ0n) is 10.8. The van der Waals surface area contributed by atoms with Gasteiger partial charge in [0.05, 0.1) is 19.4 Å². The van der Waals surface area contributed by atoms with Crippen molar-refractivity contribution in [2.45, 2.75) is 63.8 Å². The first-order valence-corrected chi connectivity index (χ1v) is 13.0. The number of hydrogen-bond donors (Lipinski definition) is 2. The van der Waals surface area contributed by atoms with Gasteiger partial charge in [0.25, 0.3) is 0 Å². The minimum absolute atomic E-state index is 0.0738. The number of nitrogens with two attached hydrogens (primary N) is 2. The standard InChI is InChI=1S/C10H26N2OSi2/c1-6-10(11,12)9-7-8-14(2,3)15(4,5)13-9/h9H,6-8,11-12H2,1-5H3. The number of hydrogen-bond acceptors (Lipinski definition) is 3. The first-order valence-electron chi connectivity index (χ1n) is 5.88. The van der Waals surface area contributed by atoms with Gasteiger partial charge < -0.3 is 15.9 Å². The van der Waals surface area contributed by atoms with Crippen molar-refractivity contribution >= 4 is 15.4 Å². The average molecular weight is 247 g/mol. The molecule has 0 aromatic carbocycles. The summed E-state index contributed by atoms with van der Waals surface area (Å²) in [7, 11) is -2.67. The zero-order chi connectivity index (χ0) is 11.9. The Bertz CT molecular complexity index is 242. The Labute approximate surface area is 95.5 Å². The molecule has 90 valence electrons. The fourth-order valence-corrected chi connectivity index (χ4v) is 8.55. The molecule has 0 aliphatic carbocycles. The molecule has 1 saturated heterocycles. The monoisotopic (exact) mass is 246 g/mol. The van der Waals surface area contributed by atoms with Gasteiger partial charge in [-0.15, -0.1) is 0 Å². The van der Waals surface area contributed by atoms with E-state index in [9.17, 15) is 0 Å². The maximum atomic E-state index is 6.30. The van der Waals surface area contributed by atoms with E-state index < -0.39 is 21.1 Å². The molecule has 1 aliphatic heterocycles. The highest BCUT2D eigenvalue weighted by Crippen LogP contribution is 2.35. The summed E-state index contributed by atoms with van der Waals surface area (Å²) in [6.45, 7) is 11.6. The largest absolute Gasteiger partial charge is 0.414 e. The van der Waals surface area contributed by atoms with Gasteiger partial charge in [0.2, 0.25) is 0 Å². The van der Waals surface area contributed by atoms with Crippen molar-refractivity contribution in [1.82, 2.24) is 0 Å². The Kier molecular flexibility index (Phi) is 3.53. The van der Waals surface area contributed by atoms with E-state index in [0.29, 0.717) is 0 Å². The molecule has 0 aromatic heterocycles. The van der Waals surface area contributed by atoms with E-state index in [1.807, 2.05) is 6.92 Å². The lowest BCUT2D eigenvalue weighted by molar-refractivity contribution is 0.0947. The van der Waals surface area contributed by atoms with Gasteiger partial charge in [-0.2, -0.15) is 0 Å². The van der Waals surface area contributed by atoms with Crippen molar-refractivity contribution in [1.29, 1.82) is 0 Å². The van der Waals surface area contributed by atoms with Gasteiger partial charge >= 0.3 is 0 Å². The van der Waals surface area contributed by atoms with Crippen LogP contribution in [0.2, 0.25) is 32.2 Å². The molecule has 1 fully saturated rings. The molecule has 1 rings (SSSR count). The molecule has 5 heteroatoms. The van der Waals surface area contributed by atoms with Crippen LogP contribution in [0, 0.1) is 0 Å². The van der Waals surface area contributed by atoms with Crippen LogP contribution in [0.25, 0.3) is 0 Å². The van der Waals surface area contributed by atoms with Gasteiger partial charge in [-0.25, -0.2) is 0 Å². The highest BCUT2D eigenvalue weighted by molar-refractivity contribution is 7.38. The Morgan fingerprint density at radius 1 is 1.27 bits per heavy atom. The molecule has 0 amide bonds. The van der Waals surface area contributed by atoms with Gasteiger partial charge in [-0.3, -0.25) is 0 Å². The third kappa shape index (κ3) is 2.53. The molecule has 0 aromatic rings. The summed E-state index contributed by atoms with van der Waals surface area (Å²) < 4.78 is 6.30. The molecule has 15 heavy (non-hydrogen) atoms. The second kappa shape index (κ2) is 3.96. The maximum Gasteiger partial charge on any atom is 0.174 e. The van der Waals surface area contributed by atoms with Crippen LogP contribution in [0.3, 0.4) is 0 Å². The van der Waals surface area contributed by atoms with Crippen molar-refractivity contribution < 1.29 is 4.43 Å². The Morgan fingerprint density at radius 2 is 1.80 bits per heavy atom. The van der Waals surface area contributed by atoms with Gasteiger partial charge in [0.1, 0.15) is 0 Å². The molecule has 0 spiro atoms. The first-order chi connectivity index (χ1) is 6.62. The van der Waals surface area contributed by atoms with Crippen molar-refractivity contribution in [3.05, 3.63) is 0 Å². The third-order valence-electron chi connectivity index (χ3n) is 4.31. The lowest BCUT2D eigenvalue weighted by atomic mass is 10.0. The van der Waals surface area contributed by atoms with Gasteiger partial charge in [0.15, 0.2) is 7.83 Å². The summed E-state index contributed by atoms with van der Waals surface area (Å²) in [6, 6.07) is 1.31. The van der Waals surface area contributed by atoms with Crippen LogP contribution < -0.4 is 11.5 Å². The second-order valence-electron chi connectivity index (χ2n) is 6.01. The minimum atomic E-state index is -1.53. The van der Waals surface area contributed by atoms with Crippen LogP contribution in [-0.2, 0) is 4.43 Å². The van der Waals surface area contributed by atoms with E-state index in [0.717, 1.165) is 12.8 Å². The van der Waals surface area contributed by atoms with E-state index >= 15 is 0 Å². The van der Waals surface area contributed by atoms with E-state index in [1.54, 1.807) is 0 Å². The predicted molar refractivity (Wildman–Crippen MR) is 70.7 cm³/mol. The molecule has 1 aliphatic rings. The van der Waals surface area contributed by atoms with Gasteiger partial charge in [0, 0.05) is 0 Å². The lowest BCUT2D eigenvalue weighted by Gasteiger charge is -2.49. The van der Waals surface area contributed by atoms with Gasteiger partial charge in [-0.05, 0) is 25.9 Å². The second-order valence-corrected chi connectivity index (χ2v) is 21.2. The van der Waals surface area contributed by atoms with E-state index in [1.165, 1.54) is 6.04 Å². The fourth-order valence-electron chi connectivity index (χ4n) is 1.97. The summed E-state index contributed by atoms with van der Waals surface area (Å²) >= 11 is 0. The normalized spacial score (nSPS) is 30.2. The molecule has 0 radical (unpaired) electrons. The number of rotatable bonds is 2. The summed E-state index contributed by atoms with van der Waals surface area (Å²) in [5.41, 5.74) is 11.6. The molecule has 0 saturated carbocycles. The Hall–Kier alpha value is 0.314. The van der Waals surface area contributed by atoms with Crippen LogP contribution in [0.1, 0.15) is 19.8 Å². The molecule has 4 N–H and O–H groups in total. The maximum absolute atomic E-state index is 6.30. The topological polar surface area (TPSA) is 61.3 Å². The molecule has 0 bridgehead atoms. The molecule has 1 heterocycles. The third-order valence-corrected chi connectivity index (χ3v) is 20.9. The van der Waals surface area contributed by atoms with E-state index in [4.69, 9.17) is 15.9 Å². The fraction of sp³-hybridized carbons (Fsp3) is 1.00. The zero-order valence-corrected chi connectivity index (χ0v) is 12.8. The van der Waals surface area contributed by atoms with Crippen molar-refractivity contribution in [2.24, 2.45) is 11.5 Å². The van der Waals surface area contributed by atoms with Gasteiger partial charge in [-0.1, -0.05) is 26.1 Å². The molecular formula is C10H26N2OSi2. The average Bonchev–Trinajstić information content (AvgIpc) is 2.09. The Balaban J connectivity index is 2.79. The quantitative estimate of drug-likeness (QED) is 0.577. The SMILES string of the molecule is CCC(N)(N)C1CC[Si](C)(C)[Si](C)(C)O1. The van der Waals surface area contributed by atoms with Crippen molar-refractivity contribution in [3.63, 3.8) is 0 Å². The Morgan fingerprint density at radius 3 is 2.20 bits per heavy atom. The van der Waals surface area contributed by atoms with Crippen LogP contribution in [0.4, 0.5) is 0 Å². The highest BCUT2D eigenvalue weighted by atomic mass is 29.3. The molecule has 1 atom stereocenters. The van der Waals surface area contributed by atoms with Crippen LogP contribution in [0.15, 0.2) is 0 Å². The lowest BCUT2D eigenvalue weighted by Crippen LogP contribution is -2.69.